The Kier molecular flexibility index (Phi) is 2.92. The molecule has 2 aromatic rings. The lowest BCUT2D eigenvalue weighted by atomic mass is 9.78. The van der Waals surface area contributed by atoms with Gasteiger partial charge in [-0.15, -0.1) is 12.4 Å². The standard InChI is InChI=1S/C7H7BN2O2.ClH/c11-8(12)6-2-1-3-7-5(6)4-9-10-7;/h1-4,11-12H,(H,9,10);1H. The summed E-state index contributed by atoms with van der Waals surface area (Å²) in [7, 11) is -1.44. The molecule has 0 spiro atoms. The third-order valence-electron chi connectivity index (χ3n) is 1.80. The lowest BCUT2D eigenvalue weighted by Crippen LogP contribution is -2.30. The van der Waals surface area contributed by atoms with Crippen molar-refractivity contribution >= 4 is 35.9 Å². The zero-order chi connectivity index (χ0) is 8.55. The van der Waals surface area contributed by atoms with Crippen LogP contribution in [0.2, 0.25) is 0 Å². The Labute approximate surface area is 81.1 Å². The van der Waals surface area contributed by atoms with E-state index in [0.717, 1.165) is 10.9 Å². The molecule has 0 aliphatic rings. The molecule has 13 heavy (non-hydrogen) atoms. The normalized spacial score (nSPS) is 9.69. The molecule has 6 heteroatoms. The number of fused-ring (bicyclic) bond motifs is 1. The maximum Gasteiger partial charge on any atom is 0.489 e. The van der Waals surface area contributed by atoms with Gasteiger partial charge in [-0.1, -0.05) is 12.1 Å². The summed E-state index contributed by atoms with van der Waals surface area (Å²) in [5.74, 6) is 0. The minimum absolute atomic E-state index is 0. The number of benzene rings is 1. The lowest BCUT2D eigenvalue weighted by molar-refractivity contribution is 0.426. The van der Waals surface area contributed by atoms with Crippen molar-refractivity contribution in [2.75, 3.05) is 0 Å². The summed E-state index contributed by atoms with van der Waals surface area (Å²) in [6.45, 7) is 0. The zero-order valence-corrected chi connectivity index (χ0v) is 7.45. The molecule has 0 amide bonds. The van der Waals surface area contributed by atoms with Crippen LogP contribution in [0.25, 0.3) is 10.9 Å². The second kappa shape index (κ2) is 3.78. The Morgan fingerprint density at radius 3 is 2.77 bits per heavy atom. The Morgan fingerprint density at radius 1 is 1.31 bits per heavy atom. The van der Waals surface area contributed by atoms with Crippen molar-refractivity contribution in [3.63, 3.8) is 0 Å². The van der Waals surface area contributed by atoms with E-state index in [2.05, 4.69) is 10.2 Å². The lowest BCUT2D eigenvalue weighted by Gasteiger charge is -1.98. The van der Waals surface area contributed by atoms with Crippen LogP contribution in [-0.4, -0.2) is 27.4 Å². The summed E-state index contributed by atoms with van der Waals surface area (Å²) >= 11 is 0. The van der Waals surface area contributed by atoms with Gasteiger partial charge in [-0.05, 0) is 11.5 Å². The Morgan fingerprint density at radius 2 is 2.08 bits per heavy atom. The van der Waals surface area contributed by atoms with Crippen LogP contribution in [0.15, 0.2) is 24.4 Å². The monoisotopic (exact) mass is 198 g/mol. The number of aromatic amines is 1. The molecule has 1 aromatic carbocycles. The number of hydrogen-bond donors (Lipinski definition) is 3. The summed E-state index contributed by atoms with van der Waals surface area (Å²) < 4.78 is 0. The van der Waals surface area contributed by atoms with E-state index in [9.17, 15) is 0 Å². The number of aromatic nitrogens is 2. The summed E-state index contributed by atoms with van der Waals surface area (Å²) in [6.07, 6.45) is 1.57. The van der Waals surface area contributed by atoms with Crippen LogP contribution >= 0.6 is 12.4 Å². The molecule has 3 N–H and O–H groups in total. The second-order valence-electron chi connectivity index (χ2n) is 2.55. The first kappa shape index (κ1) is 10.0. The van der Waals surface area contributed by atoms with E-state index in [1.54, 1.807) is 18.3 Å². The van der Waals surface area contributed by atoms with Gasteiger partial charge in [0.05, 0.1) is 11.7 Å². The largest absolute Gasteiger partial charge is 0.489 e. The van der Waals surface area contributed by atoms with E-state index >= 15 is 0 Å². The number of nitrogens with one attached hydrogen (secondary N) is 1. The van der Waals surface area contributed by atoms with Crippen LogP contribution in [0.1, 0.15) is 0 Å². The van der Waals surface area contributed by atoms with Crippen LogP contribution in [0.5, 0.6) is 0 Å². The van der Waals surface area contributed by atoms with E-state index in [-0.39, 0.29) is 12.4 Å². The third-order valence-corrected chi connectivity index (χ3v) is 1.80. The highest BCUT2D eigenvalue weighted by Gasteiger charge is 2.14. The van der Waals surface area contributed by atoms with Crippen molar-refractivity contribution < 1.29 is 10.0 Å². The van der Waals surface area contributed by atoms with E-state index in [0.29, 0.717) is 5.46 Å². The van der Waals surface area contributed by atoms with E-state index in [1.165, 1.54) is 0 Å². The van der Waals surface area contributed by atoms with Crippen molar-refractivity contribution in [1.29, 1.82) is 0 Å². The minimum Gasteiger partial charge on any atom is -0.423 e. The molecule has 68 valence electrons. The smallest absolute Gasteiger partial charge is 0.423 e. The van der Waals surface area contributed by atoms with Gasteiger partial charge in [0.2, 0.25) is 0 Å². The highest BCUT2D eigenvalue weighted by molar-refractivity contribution is 6.61. The molecular formula is C7H8BClN2O2. The molecule has 0 fully saturated rings. The van der Waals surface area contributed by atoms with E-state index in [4.69, 9.17) is 10.0 Å². The summed E-state index contributed by atoms with van der Waals surface area (Å²) in [6, 6.07) is 5.23. The number of rotatable bonds is 1. The maximum atomic E-state index is 8.95. The molecule has 1 heterocycles. The Hall–Kier alpha value is -1.04. The molecule has 0 atom stereocenters. The third kappa shape index (κ3) is 1.67. The quantitative estimate of drug-likeness (QED) is 0.549. The molecule has 0 saturated carbocycles. The SMILES string of the molecule is Cl.OB(O)c1cccc2[nH]ncc12. The first-order valence-electron chi connectivity index (χ1n) is 3.57. The molecule has 2 rings (SSSR count). The fourth-order valence-electron chi connectivity index (χ4n) is 1.22. The van der Waals surface area contributed by atoms with Gasteiger partial charge in [-0.2, -0.15) is 5.10 Å². The molecule has 0 saturated heterocycles. The average molecular weight is 198 g/mol. The van der Waals surface area contributed by atoms with Gasteiger partial charge in [0.25, 0.3) is 0 Å². The Balaban J connectivity index is 0.000000845. The molecule has 0 aliphatic heterocycles. The highest BCUT2D eigenvalue weighted by Crippen LogP contribution is 2.06. The Bertz CT molecular complexity index is 404. The number of hydrogen-bond acceptors (Lipinski definition) is 3. The summed E-state index contributed by atoms with van der Waals surface area (Å²) in [5.41, 5.74) is 1.28. The maximum absolute atomic E-state index is 8.95. The minimum atomic E-state index is -1.44. The molecular weight excluding hydrogens is 190 g/mol. The van der Waals surface area contributed by atoms with Crippen molar-refractivity contribution in [2.24, 2.45) is 0 Å². The van der Waals surface area contributed by atoms with Gasteiger partial charge in [0.1, 0.15) is 0 Å². The van der Waals surface area contributed by atoms with Crippen LogP contribution in [-0.2, 0) is 0 Å². The van der Waals surface area contributed by atoms with Gasteiger partial charge in [-0.3, -0.25) is 5.10 Å². The predicted octanol–water partition coefficient (Wildman–Crippen LogP) is -0.336. The average Bonchev–Trinajstić information content (AvgIpc) is 2.49. The zero-order valence-electron chi connectivity index (χ0n) is 6.64. The van der Waals surface area contributed by atoms with Crippen LogP contribution in [0.4, 0.5) is 0 Å². The van der Waals surface area contributed by atoms with Crippen molar-refractivity contribution in [2.45, 2.75) is 0 Å². The second-order valence-corrected chi connectivity index (χ2v) is 2.55. The van der Waals surface area contributed by atoms with Gasteiger partial charge < -0.3 is 10.0 Å². The van der Waals surface area contributed by atoms with Crippen molar-refractivity contribution in [3.05, 3.63) is 24.4 Å². The summed E-state index contributed by atoms with van der Waals surface area (Å²) in [5, 5.41) is 25.2. The molecule has 0 aliphatic carbocycles. The first-order valence-corrected chi connectivity index (χ1v) is 3.57. The van der Waals surface area contributed by atoms with Crippen molar-refractivity contribution in [3.8, 4) is 0 Å². The number of nitrogens with zero attached hydrogens (tertiary/aromatic N) is 1. The summed E-state index contributed by atoms with van der Waals surface area (Å²) in [4.78, 5) is 0. The van der Waals surface area contributed by atoms with Crippen LogP contribution in [0.3, 0.4) is 0 Å². The first-order chi connectivity index (χ1) is 5.79. The highest BCUT2D eigenvalue weighted by atomic mass is 35.5. The fourth-order valence-corrected chi connectivity index (χ4v) is 1.22. The number of halogens is 1. The predicted molar refractivity (Wildman–Crippen MR) is 53.2 cm³/mol. The van der Waals surface area contributed by atoms with Gasteiger partial charge in [0.15, 0.2) is 0 Å². The van der Waals surface area contributed by atoms with Crippen molar-refractivity contribution in [1.82, 2.24) is 10.2 Å². The molecule has 0 unspecified atom stereocenters. The molecule has 4 nitrogen and oxygen atoms in total. The molecule has 1 aromatic heterocycles. The van der Waals surface area contributed by atoms with E-state index < -0.39 is 7.12 Å². The number of H-pyrrole nitrogens is 1. The van der Waals surface area contributed by atoms with Crippen LogP contribution in [0, 0.1) is 0 Å². The van der Waals surface area contributed by atoms with Gasteiger partial charge >= 0.3 is 7.12 Å². The van der Waals surface area contributed by atoms with Gasteiger partial charge in [-0.25, -0.2) is 0 Å². The molecule has 0 radical (unpaired) electrons. The fraction of sp³-hybridized carbons (Fsp3) is 0. The van der Waals surface area contributed by atoms with E-state index in [1.807, 2.05) is 6.07 Å². The van der Waals surface area contributed by atoms with Crippen LogP contribution < -0.4 is 5.46 Å². The van der Waals surface area contributed by atoms with Gasteiger partial charge in [0, 0.05) is 5.39 Å². The molecule has 0 bridgehead atoms. The topological polar surface area (TPSA) is 69.1 Å².